The van der Waals surface area contributed by atoms with E-state index in [0.717, 1.165) is 23.1 Å². The fraction of sp³-hybridized carbons (Fsp3) is 0.400. The van der Waals surface area contributed by atoms with E-state index in [1.165, 1.54) is 0 Å². The molecule has 0 aliphatic rings. The van der Waals surface area contributed by atoms with Crippen molar-refractivity contribution < 1.29 is 4.79 Å². The minimum absolute atomic E-state index is 0.0805. The summed E-state index contributed by atoms with van der Waals surface area (Å²) in [5.41, 5.74) is 1.45. The molecule has 21 heavy (non-hydrogen) atoms. The number of nitrogens with one attached hydrogen (secondary N) is 2. The number of nitrogens with zero attached hydrogens (tertiary/aromatic N) is 2. The topological polar surface area (TPSA) is 66.9 Å². The molecule has 0 aromatic carbocycles. The minimum atomic E-state index is -0.0805. The molecule has 112 valence electrons. The first-order valence-electron chi connectivity index (χ1n) is 7.00. The zero-order chi connectivity index (χ0) is 15.2. The van der Waals surface area contributed by atoms with Crippen LogP contribution in [0, 0.1) is 6.92 Å². The Morgan fingerprint density at radius 2 is 2.24 bits per heavy atom. The Hall–Kier alpha value is -1.95. The lowest BCUT2D eigenvalue weighted by atomic mass is 10.1. The van der Waals surface area contributed by atoms with Crippen LogP contribution in [0.1, 0.15) is 40.8 Å². The second kappa shape index (κ2) is 7.17. The fourth-order valence-electron chi connectivity index (χ4n) is 1.98. The van der Waals surface area contributed by atoms with E-state index in [0.29, 0.717) is 12.1 Å². The summed E-state index contributed by atoms with van der Waals surface area (Å²) in [5.74, 6) is 0.865. The van der Waals surface area contributed by atoms with Crippen molar-refractivity contribution in [3.8, 4) is 0 Å². The van der Waals surface area contributed by atoms with Gasteiger partial charge in [0.25, 0.3) is 5.91 Å². The largest absolute Gasteiger partial charge is 0.370 e. The van der Waals surface area contributed by atoms with E-state index in [4.69, 9.17) is 0 Å². The predicted octanol–water partition coefficient (Wildman–Crippen LogP) is 2.81. The van der Waals surface area contributed by atoms with E-state index in [1.807, 2.05) is 19.2 Å². The van der Waals surface area contributed by atoms with Gasteiger partial charge in [-0.1, -0.05) is 6.92 Å². The Morgan fingerprint density at radius 1 is 1.43 bits per heavy atom. The van der Waals surface area contributed by atoms with Gasteiger partial charge >= 0.3 is 0 Å². The smallest absolute Gasteiger partial charge is 0.251 e. The number of rotatable bonds is 6. The third-order valence-electron chi connectivity index (χ3n) is 3.02. The Morgan fingerprint density at radius 3 is 2.90 bits per heavy atom. The molecule has 0 saturated heterocycles. The van der Waals surface area contributed by atoms with Crippen molar-refractivity contribution in [3.63, 3.8) is 0 Å². The molecular weight excluding hydrogens is 284 g/mol. The third-order valence-corrected chi connectivity index (χ3v) is 4.02. The third kappa shape index (κ3) is 4.26. The van der Waals surface area contributed by atoms with Crippen LogP contribution in [0.15, 0.2) is 23.7 Å². The van der Waals surface area contributed by atoms with Gasteiger partial charge in [-0.3, -0.25) is 4.79 Å². The van der Waals surface area contributed by atoms with E-state index in [2.05, 4.69) is 27.5 Å². The summed E-state index contributed by atoms with van der Waals surface area (Å²) in [5, 5.41) is 9.07. The van der Waals surface area contributed by atoms with Gasteiger partial charge in [0.2, 0.25) is 0 Å². The lowest BCUT2D eigenvalue weighted by Gasteiger charge is -2.11. The molecule has 0 spiro atoms. The van der Waals surface area contributed by atoms with E-state index in [-0.39, 0.29) is 11.8 Å². The zero-order valence-corrected chi connectivity index (χ0v) is 13.3. The number of anilines is 1. The molecule has 1 amide bonds. The highest BCUT2D eigenvalue weighted by Gasteiger charge is 2.12. The van der Waals surface area contributed by atoms with E-state index >= 15 is 0 Å². The molecule has 0 aliphatic carbocycles. The molecule has 0 radical (unpaired) electrons. The Balaban J connectivity index is 2.00. The summed E-state index contributed by atoms with van der Waals surface area (Å²) in [6.45, 7) is 7.29. The molecule has 0 saturated carbocycles. The van der Waals surface area contributed by atoms with Crippen molar-refractivity contribution in [1.82, 2.24) is 15.3 Å². The maximum absolute atomic E-state index is 12.2. The van der Waals surface area contributed by atoms with Gasteiger partial charge in [-0.25, -0.2) is 9.97 Å². The molecule has 0 aliphatic heterocycles. The van der Waals surface area contributed by atoms with E-state index in [9.17, 15) is 4.79 Å². The van der Waals surface area contributed by atoms with Crippen LogP contribution >= 0.6 is 11.3 Å². The van der Waals surface area contributed by atoms with E-state index in [1.54, 1.807) is 29.7 Å². The van der Waals surface area contributed by atoms with Crippen molar-refractivity contribution in [1.29, 1.82) is 0 Å². The summed E-state index contributed by atoms with van der Waals surface area (Å²) >= 11 is 1.61. The van der Waals surface area contributed by atoms with Gasteiger partial charge in [0, 0.05) is 41.8 Å². The van der Waals surface area contributed by atoms with Crippen molar-refractivity contribution in [3.05, 3.63) is 40.0 Å². The van der Waals surface area contributed by atoms with Gasteiger partial charge < -0.3 is 10.6 Å². The van der Waals surface area contributed by atoms with Gasteiger partial charge in [0.15, 0.2) is 0 Å². The molecular formula is C15H20N4OS. The molecule has 2 N–H and O–H groups in total. The molecule has 6 heteroatoms. The molecule has 2 aromatic rings. The van der Waals surface area contributed by atoms with Crippen molar-refractivity contribution in [2.45, 2.75) is 26.7 Å². The first-order valence-corrected chi connectivity index (χ1v) is 7.88. The van der Waals surface area contributed by atoms with Gasteiger partial charge in [-0.05, 0) is 26.0 Å². The average Bonchev–Trinajstić information content (AvgIpc) is 2.98. The quantitative estimate of drug-likeness (QED) is 0.861. The monoisotopic (exact) mass is 304 g/mol. The number of aromatic nitrogens is 2. The number of carbonyl (C=O) groups is 1. The fourth-order valence-corrected chi connectivity index (χ4v) is 2.68. The minimum Gasteiger partial charge on any atom is -0.370 e. The first kappa shape index (κ1) is 15.4. The molecule has 0 bridgehead atoms. The molecule has 1 unspecified atom stereocenters. The van der Waals surface area contributed by atoms with Crippen LogP contribution in [0.2, 0.25) is 0 Å². The number of hydrogen-bond acceptors (Lipinski definition) is 5. The summed E-state index contributed by atoms with van der Waals surface area (Å²) in [4.78, 5) is 20.9. The number of carbonyl (C=O) groups excluding carboxylic acids is 1. The van der Waals surface area contributed by atoms with Gasteiger partial charge in [0.05, 0.1) is 5.01 Å². The van der Waals surface area contributed by atoms with Crippen LogP contribution in [-0.4, -0.2) is 29.0 Å². The number of amides is 1. The van der Waals surface area contributed by atoms with Gasteiger partial charge in [-0.15, -0.1) is 11.3 Å². The highest BCUT2D eigenvalue weighted by molar-refractivity contribution is 7.09. The molecule has 2 aromatic heterocycles. The van der Waals surface area contributed by atoms with Gasteiger partial charge in [-0.2, -0.15) is 0 Å². The average molecular weight is 304 g/mol. The molecule has 1 atom stereocenters. The number of pyridine rings is 1. The van der Waals surface area contributed by atoms with Crippen molar-refractivity contribution in [2.24, 2.45) is 0 Å². The highest BCUT2D eigenvalue weighted by Crippen LogP contribution is 2.17. The number of thiazole rings is 1. The van der Waals surface area contributed by atoms with Crippen LogP contribution in [-0.2, 0) is 0 Å². The van der Waals surface area contributed by atoms with Crippen LogP contribution in [0.3, 0.4) is 0 Å². The summed E-state index contributed by atoms with van der Waals surface area (Å²) < 4.78 is 0. The summed E-state index contributed by atoms with van der Waals surface area (Å²) in [7, 11) is 0. The molecule has 0 fully saturated rings. The zero-order valence-electron chi connectivity index (χ0n) is 12.5. The summed E-state index contributed by atoms with van der Waals surface area (Å²) in [6.07, 6.45) is 1.78. The van der Waals surface area contributed by atoms with Gasteiger partial charge in [0.1, 0.15) is 5.82 Å². The van der Waals surface area contributed by atoms with E-state index < -0.39 is 0 Å². The van der Waals surface area contributed by atoms with Crippen LogP contribution in [0.4, 0.5) is 5.82 Å². The standard InChI is InChI=1S/C15H20N4OS/c1-4-16-13-8-12(7-11(3)19-13)14(20)18-9-10(2)15-17-5-6-21-15/h5-8,10H,4,9H2,1-3H3,(H,16,19)(H,18,20). The molecule has 5 nitrogen and oxygen atoms in total. The Kier molecular flexibility index (Phi) is 5.27. The lowest BCUT2D eigenvalue weighted by Crippen LogP contribution is -2.27. The second-order valence-corrected chi connectivity index (χ2v) is 5.82. The highest BCUT2D eigenvalue weighted by atomic mass is 32.1. The van der Waals surface area contributed by atoms with Crippen LogP contribution < -0.4 is 10.6 Å². The lowest BCUT2D eigenvalue weighted by molar-refractivity contribution is 0.0951. The SMILES string of the molecule is CCNc1cc(C(=O)NCC(C)c2nccs2)cc(C)n1. The number of hydrogen-bond donors (Lipinski definition) is 2. The first-order chi connectivity index (χ1) is 10.1. The van der Waals surface area contributed by atoms with Crippen LogP contribution in [0.25, 0.3) is 0 Å². The predicted molar refractivity (Wildman–Crippen MR) is 86.0 cm³/mol. The Bertz CT molecular complexity index is 598. The maximum atomic E-state index is 12.2. The van der Waals surface area contributed by atoms with Crippen molar-refractivity contribution in [2.75, 3.05) is 18.4 Å². The second-order valence-electron chi connectivity index (χ2n) is 4.89. The molecule has 2 rings (SSSR count). The normalized spacial score (nSPS) is 12.0. The number of aryl methyl sites for hydroxylation is 1. The Labute approximate surface area is 128 Å². The van der Waals surface area contributed by atoms with Crippen molar-refractivity contribution >= 4 is 23.1 Å². The summed E-state index contributed by atoms with van der Waals surface area (Å²) in [6, 6.07) is 3.57. The maximum Gasteiger partial charge on any atom is 0.251 e. The molecule has 2 heterocycles. The van der Waals surface area contributed by atoms with Crippen LogP contribution in [0.5, 0.6) is 0 Å².